The zero-order valence-corrected chi connectivity index (χ0v) is 7.77. The predicted octanol–water partition coefficient (Wildman–Crippen LogP) is 1.34. The van der Waals surface area contributed by atoms with E-state index in [9.17, 15) is 9.59 Å². The third-order valence-electron chi connectivity index (χ3n) is 2.34. The molecular weight excluding hydrogens is 178 g/mol. The molecule has 2 rings (SSSR count). The van der Waals surface area contributed by atoms with Crippen LogP contribution in [0.3, 0.4) is 0 Å². The summed E-state index contributed by atoms with van der Waals surface area (Å²) in [6, 6.07) is 9.55. The van der Waals surface area contributed by atoms with Crippen molar-refractivity contribution in [1.29, 1.82) is 0 Å². The van der Waals surface area contributed by atoms with E-state index in [2.05, 4.69) is 0 Å². The van der Waals surface area contributed by atoms with Crippen molar-refractivity contribution < 1.29 is 9.59 Å². The smallest absolute Gasteiger partial charge is 0.229 e. The average Bonchev–Trinajstić information content (AvgIpc) is 2.51. The standard InChI is InChI=1S/C11H11NO2/c13-10-6-7-11(14)12(10)8-9-4-2-1-3-5-9/h1-5H,6-8H2. The number of hydrogen-bond acceptors (Lipinski definition) is 2. The van der Waals surface area contributed by atoms with Crippen LogP contribution in [0.25, 0.3) is 0 Å². The summed E-state index contributed by atoms with van der Waals surface area (Å²) in [5, 5.41) is 0. The maximum atomic E-state index is 11.3. The quantitative estimate of drug-likeness (QED) is 0.658. The molecule has 0 bridgehead atoms. The van der Waals surface area contributed by atoms with E-state index in [1.807, 2.05) is 30.3 Å². The maximum absolute atomic E-state index is 11.3. The van der Waals surface area contributed by atoms with Crippen LogP contribution in [-0.2, 0) is 16.1 Å². The molecule has 0 radical (unpaired) electrons. The molecule has 0 saturated carbocycles. The highest BCUT2D eigenvalue weighted by Crippen LogP contribution is 2.15. The molecule has 0 aliphatic carbocycles. The van der Waals surface area contributed by atoms with Crippen LogP contribution in [0, 0.1) is 0 Å². The van der Waals surface area contributed by atoms with Crippen molar-refractivity contribution in [2.24, 2.45) is 0 Å². The van der Waals surface area contributed by atoms with E-state index in [0.717, 1.165) is 5.56 Å². The first-order valence-electron chi connectivity index (χ1n) is 4.64. The van der Waals surface area contributed by atoms with Crippen molar-refractivity contribution in [2.45, 2.75) is 19.4 Å². The molecule has 2 amide bonds. The van der Waals surface area contributed by atoms with E-state index in [4.69, 9.17) is 0 Å². The molecule has 1 aromatic rings. The molecule has 1 saturated heterocycles. The maximum Gasteiger partial charge on any atom is 0.229 e. The molecule has 1 aliphatic rings. The summed E-state index contributed by atoms with van der Waals surface area (Å²) >= 11 is 0. The highest BCUT2D eigenvalue weighted by atomic mass is 16.2. The van der Waals surface area contributed by atoms with Gasteiger partial charge in [-0.2, -0.15) is 0 Å². The van der Waals surface area contributed by atoms with E-state index in [1.165, 1.54) is 4.90 Å². The lowest BCUT2D eigenvalue weighted by Crippen LogP contribution is -2.28. The lowest BCUT2D eigenvalue weighted by Gasteiger charge is -2.13. The molecule has 3 nitrogen and oxygen atoms in total. The molecular formula is C11H11NO2. The first kappa shape index (κ1) is 8.94. The van der Waals surface area contributed by atoms with Crippen LogP contribution in [0.2, 0.25) is 0 Å². The molecule has 0 unspecified atom stereocenters. The van der Waals surface area contributed by atoms with E-state index < -0.39 is 0 Å². The molecule has 3 heteroatoms. The molecule has 0 N–H and O–H groups in total. The van der Waals surface area contributed by atoms with Gasteiger partial charge in [0, 0.05) is 12.8 Å². The van der Waals surface area contributed by atoms with E-state index in [0.29, 0.717) is 19.4 Å². The van der Waals surface area contributed by atoms with Crippen molar-refractivity contribution in [3.63, 3.8) is 0 Å². The normalized spacial score (nSPS) is 16.4. The van der Waals surface area contributed by atoms with Gasteiger partial charge in [-0.15, -0.1) is 0 Å². The van der Waals surface area contributed by atoms with Crippen molar-refractivity contribution in [3.05, 3.63) is 35.9 Å². The minimum Gasteiger partial charge on any atom is -0.278 e. The number of imide groups is 1. The number of carbonyl (C=O) groups is 2. The number of amides is 2. The predicted molar refractivity (Wildman–Crippen MR) is 51.2 cm³/mol. The fourth-order valence-corrected chi connectivity index (χ4v) is 1.57. The number of benzene rings is 1. The molecule has 1 aromatic carbocycles. The summed E-state index contributed by atoms with van der Waals surface area (Å²) < 4.78 is 0. The third kappa shape index (κ3) is 1.66. The SMILES string of the molecule is O=C1CCC(=O)N1Cc1ccccc1. The summed E-state index contributed by atoms with van der Waals surface area (Å²) in [4.78, 5) is 23.9. The Morgan fingerprint density at radius 2 is 1.57 bits per heavy atom. The molecule has 72 valence electrons. The summed E-state index contributed by atoms with van der Waals surface area (Å²) in [5.41, 5.74) is 0.996. The molecule has 1 heterocycles. The van der Waals surface area contributed by atoms with Gasteiger partial charge in [0.25, 0.3) is 0 Å². The first-order valence-corrected chi connectivity index (χ1v) is 4.64. The Labute approximate surface area is 82.3 Å². The van der Waals surface area contributed by atoms with Crippen LogP contribution in [0.1, 0.15) is 18.4 Å². The number of likely N-dealkylation sites (tertiary alicyclic amines) is 1. The molecule has 1 fully saturated rings. The van der Waals surface area contributed by atoms with Gasteiger partial charge in [0.05, 0.1) is 6.54 Å². The van der Waals surface area contributed by atoms with Gasteiger partial charge in [-0.25, -0.2) is 0 Å². The van der Waals surface area contributed by atoms with Crippen LogP contribution < -0.4 is 0 Å². The molecule has 0 spiro atoms. The van der Waals surface area contributed by atoms with Gasteiger partial charge in [-0.05, 0) is 5.56 Å². The van der Waals surface area contributed by atoms with Crippen molar-refractivity contribution in [3.8, 4) is 0 Å². The zero-order chi connectivity index (χ0) is 9.97. The summed E-state index contributed by atoms with van der Waals surface area (Å²) in [6.07, 6.45) is 0.733. The van der Waals surface area contributed by atoms with Crippen LogP contribution in [-0.4, -0.2) is 16.7 Å². The number of nitrogens with zero attached hydrogens (tertiary/aromatic N) is 1. The van der Waals surface area contributed by atoms with Crippen molar-refractivity contribution >= 4 is 11.8 Å². The monoisotopic (exact) mass is 189 g/mol. The van der Waals surface area contributed by atoms with Gasteiger partial charge in [-0.3, -0.25) is 14.5 Å². The highest BCUT2D eigenvalue weighted by Gasteiger charge is 2.28. The fraction of sp³-hybridized carbons (Fsp3) is 0.273. The summed E-state index contributed by atoms with van der Waals surface area (Å²) in [6.45, 7) is 0.415. The zero-order valence-electron chi connectivity index (χ0n) is 7.77. The lowest BCUT2D eigenvalue weighted by atomic mass is 10.2. The Morgan fingerprint density at radius 3 is 2.14 bits per heavy atom. The van der Waals surface area contributed by atoms with Gasteiger partial charge in [0.15, 0.2) is 0 Å². The Kier molecular flexibility index (Phi) is 2.31. The largest absolute Gasteiger partial charge is 0.278 e. The third-order valence-corrected chi connectivity index (χ3v) is 2.34. The minimum atomic E-state index is -0.0566. The summed E-state index contributed by atoms with van der Waals surface area (Å²) in [7, 11) is 0. The van der Waals surface area contributed by atoms with Crippen LogP contribution in [0.15, 0.2) is 30.3 Å². The van der Waals surface area contributed by atoms with Crippen LogP contribution in [0.4, 0.5) is 0 Å². The highest BCUT2D eigenvalue weighted by molar-refractivity contribution is 6.01. The number of rotatable bonds is 2. The Hall–Kier alpha value is -1.64. The van der Waals surface area contributed by atoms with Crippen molar-refractivity contribution in [2.75, 3.05) is 0 Å². The Balaban J connectivity index is 2.11. The first-order chi connectivity index (χ1) is 6.77. The van der Waals surface area contributed by atoms with Crippen molar-refractivity contribution in [1.82, 2.24) is 4.90 Å². The second-order valence-corrected chi connectivity index (χ2v) is 3.36. The topological polar surface area (TPSA) is 37.4 Å². The lowest BCUT2D eigenvalue weighted by molar-refractivity contribution is -0.139. The van der Waals surface area contributed by atoms with Gasteiger partial charge in [-0.1, -0.05) is 30.3 Å². The van der Waals surface area contributed by atoms with Gasteiger partial charge >= 0.3 is 0 Å². The second kappa shape index (κ2) is 3.62. The van der Waals surface area contributed by atoms with Gasteiger partial charge in [0.1, 0.15) is 0 Å². The minimum absolute atomic E-state index is 0.0566. The molecule has 14 heavy (non-hydrogen) atoms. The van der Waals surface area contributed by atoms with Crippen LogP contribution in [0.5, 0.6) is 0 Å². The Morgan fingerprint density at radius 1 is 1.00 bits per heavy atom. The number of carbonyl (C=O) groups excluding carboxylic acids is 2. The summed E-state index contributed by atoms with van der Waals surface area (Å²) in [5.74, 6) is -0.113. The van der Waals surface area contributed by atoms with Gasteiger partial charge < -0.3 is 0 Å². The van der Waals surface area contributed by atoms with Gasteiger partial charge in [0.2, 0.25) is 11.8 Å². The second-order valence-electron chi connectivity index (χ2n) is 3.36. The number of hydrogen-bond donors (Lipinski definition) is 0. The molecule has 0 atom stereocenters. The Bertz CT molecular complexity index is 343. The fourth-order valence-electron chi connectivity index (χ4n) is 1.57. The molecule has 1 aliphatic heterocycles. The molecule has 0 aromatic heterocycles. The van der Waals surface area contributed by atoms with E-state index in [1.54, 1.807) is 0 Å². The average molecular weight is 189 g/mol. The van der Waals surface area contributed by atoms with E-state index >= 15 is 0 Å². The van der Waals surface area contributed by atoms with E-state index in [-0.39, 0.29) is 11.8 Å². The van der Waals surface area contributed by atoms with Crippen LogP contribution >= 0.6 is 0 Å².